The van der Waals surface area contributed by atoms with Crippen molar-refractivity contribution >= 4 is 28.7 Å². The highest BCUT2D eigenvalue weighted by atomic mass is 16.2. The Balaban J connectivity index is 1.37. The monoisotopic (exact) mass is 431 g/mol. The van der Waals surface area contributed by atoms with Gasteiger partial charge in [0, 0.05) is 25.0 Å². The lowest BCUT2D eigenvalue weighted by atomic mass is 10.1. The number of aromatic amines is 1. The number of amides is 1. The molecule has 4 rings (SSSR count). The number of hydrogen-bond donors (Lipinski definition) is 4. The number of carbonyl (C=O) groups is 1. The first kappa shape index (κ1) is 21.1. The molecule has 0 atom stereocenters. The number of rotatable bonds is 8. The molecule has 164 valence electrons. The molecule has 0 bridgehead atoms. The molecule has 2 aromatic carbocycles. The van der Waals surface area contributed by atoms with Crippen LogP contribution in [-0.4, -0.2) is 32.0 Å². The van der Waals surface area contributed by atoms with E-state index in [0.29, 0.717) is 24.7 Å². The van der Waals surface area contributed by atoms with E-state index >= 15 is 0 Å². The molecular formula is C23H25N7O2. The fourth-order valence-electron chi connectivity index (χ4n) is 3.45. The standard InChI is InChI=1S/C23H25N7O2/c1-15-12-27-21(25-10-9-16-5-3-2-4-6-16)22(32)30(15)14-20(31)26-13-17-7-8-18-19(11-17)29-23(24)28-18/h2-8,11-12H,9-10,13-14H2,1H3,(H,25,27)(H,26,31)(H3,24,28,29). The minimum Gasteiger partial charge on any atom is -0.369 e. The van der Waals surface area contributed by atoms with E-state index in [2.05, 4.69) is 25.6 Å². The number of aryl methyl sites for hydroxylation is 1. The molecule has 5 N–H and O–H groups in total. The van der Waals surface area contributed by atoms with Crippen LogP contribution in [0.2, 0.25) is 0 Å². The van der Waals surface area contributed by atoms with Crippen molar-refractivity contribution in [2.24, 2.45) is 0 Å². The Hall–Kier alpha value is -4.14. The summed E-state index contributed by atoms with van der Waals surface area (Å²) in [6.45, 7) is 2.57. The van der Waals surface area contributed by atoms with Crippen LogP contribution in [0.1, 0.15) is 16.8 Å². The summed E-state index contributed by atoms with van der Waals surface area (Å²) in [5, 5.41) is 5.94. The molecule has 0 spiro atoms. The molecule has 0 saturated carbocycles. The quantitative estimate of drug-likeness (QED) is 0.337. The number of fused-ring (bicyclic) bond motifs is 1. The van der Waals surface area contributed by atoms with Gasteiger partial charge in [-0.15, -0.1) is 0 Å². The van der Waals surface area contributed by atoms with Crippen LogP contribution in [0.4, 0.5) is 11.8 Å². The zero-order chi connectivity index (χ0) is 22.5. The second kappa shape index (κ2) is 9.34. The van der Waals surface area contributed by atoms with Gasteiger partial charge in [-0.25, -0.2) is 9.97 Å². The van der Waals surface area contributed by atoms with E-state index in [1.807, 2.05) is 48.5 Å². The second-order valence-corrected chi connectivity index (χ2v) is 7.55. The molecule has 9 nitrogen and oxygen atoms in total. The van der Waals surface area contributed by atoms with E-state index in [9.17, 15) is 9.59 Å². The lowest BCUT2D eigenvalue weighted by molar-refractivity contribution is -0.121. The maximum absolute atomic E-state index is 12.8. The number of hydrogen-bond acceptors (Lipinski definition) is 6. The Morgan fingerprint density at radius 1 is 1.16 bits per heavy atom. The van der Waals surface area contributed by atoms with Crippen molar-refractivity contribution in [3.8, 4) is 0 Å². The fourth-order valence-corrected chi connectivity index (χ4v) is 3.45. The number of aromatic nitrogens is 4. The molecule has 0 radical (unpaired) electrons. The first-order valence-corrected chi connectivity index (χ1v) is 10.3. The number of nitrogens with zero attached hydrogens (tertiary/aromatic N) is 3. The van der Waals surface area contributed by atoms with E-state index in [-0.39, 0.29) is 23.8 Å². The third kappa shape index (κ3) is 4.94. The minimum absolute atomic E-state index is 0.0835. The summed E-state index contributed by atoms with van der Waals surface area (Å²) in [7, 11) is 0. The van der Waals surface area contributed by atoms with Crippen molar-refractivity contribution in [1.82, 2.24) is 24.8 Å². The molecule has 32 heavy (non-hydrogen) atoms. The molecule has 0 aliphatic rings. The molecule has 0 aliphatic carbocycles. The molecule has 0 aliphatic heterocycles. The summed E-state index contributed by atoms with van der Waals surface area (Å²) in [5.41, 5.74) is 9.62. The third-order valence-corrected chi connectivity index (χ3v) is 5.16. The van der Waals surface area contributed by atoms with E-state index in [1.165, 1.54) is 10.1 Å². The van der Waals surface area contributed by atoms with E-state index in [1.54, 1.807) is 13.1 Å². The number of nitrogen functional groups attached to an aromatic ring is 1. The van der Waals surface area contributed by atoms with Crippen LogP contribution in [0, 0.1) is 6.92 Å². The van der Waals surface area contributed by atoms with Gasteiger partial charge in [0.2, 0.25) is 5.91 Å². The third-order valence-electron chi connectivity index (χ3n) is 5.16. The largest absolute Gasteiger partial charge is 0.369 e. The maximum Gasteiger partial charge on any atom is 0.293 e. The van der Waals surface area contributed by atoms with Crippen molar-refractivity contribution in [2.45, 2.75) is 26.4 Å². The molecule has 2 aromatic heterocycles. The molecule has 2 heterocycles. The number of imidazole rings is 1. The van der Waals surface area contributed by atoms with Crippen molar-refractivity contribution in [3.05, 3.63) is 81.9 Å². The van der Waals surface area contributed by atoms with Gasteiger partial charge in [0.25, 0.3) is 5.56 Å². The van der Waals surface area contributed by atoms with Crippen LogP contribution in [0.15, 0.2) is 59.5 Å². The smallest absolute Gasteiger partial charge is 0.293 e. The lowest BCUT2D eigenvalue weighted by Crippen LogP contribution is -2.34. The molecule has 0 saturated heterocycles. The van der Waals surface area contributed by atoms with Crippen LogP contribution in [0.3, 0.4) is 0 Å². The highest BCUT2D eigenvalue weighted by Gasteiger charge is 2.12. The lowest BCUT2D eigenvalue weighted by Gasteiger charge is -2.13. The number of carbonyl (C=O) groups excluding carboxylic acids is 1. The summed E-state index contributed by atoms with van der Waals surface area (Å²) in [6, 6.07) is 15.6. The average Bonchev–Trinajstić information content (AvgIpc) is 3.16. The highest BCUT2D eigenvalue weighted by Crippen LogP contribution is 2.14. The van der Waals surface area contributed by atoms with Crippen LogP contribution in [0.25, 0.3) is 11.0 Å². The highest BCUT2D eigenvalue weighted by molar-refractivity contribution is 5.78. The minimum atomic E-state index is -0.317. The predicted molar refractivity (Wildman–Crippen MR) is 124 cm³/mol. The van der Waals surface area contributed by atoms with Gasteiger partial charge >= 0.3 is 0 Å². The average molecular weight is 432 g/mol. The van der Waals surface area contributed by atoms with Gasteiger partial charge in [0.05, 0.1) is 11.0 Å². The van der Waals surface area contributed by atoms with E-state index < -0.39 is 0 Å². The first-order chi connectivity index (χ1) is 15.5. The Morgan fingerprint density at radius 3 is 2.78 bits per heavy atom. The van der Waals surface area contributed by atoms with Crippen molar-refractivity contribution in [3.63, 3.8) is 0 Å². The van der Waals surface area contributed by atoms with E-state index in [0.717, 1.165) is 23.0 Å². The normalized spacial score (nSPS) is 10.9. The SMILES string of the molecule is Cc1cnc(NCCc2ccccc2)c(=O)n1CC(=O)NCc1ccc2nc(N)[nH]c2c1. The Labute approximate surface area is 184 Å². The van der Waals surface area contributed by atoms with Crippen molar-refractivity contribution in [1.29, 1.82) is 0 Å². The second-order valence-electron chi connectivity index (χ2n) is 7.55. The Bertz CT molecular complexity index is 1290. The van der Waals surface area contributed by atoms with Gasteiger partial charge in [-0.05, 0) is 36.6 Å². The summed E-state index contributed by atoms with van der Waals surface area (Å²) in [4.78, 5) is 36.7. The summed E-state index contributed by atoms with van der Waals surface area (Å²) in [6.07, 6.45) is 2.36. The molecule has 0 unspecified atom stereocenters. The molecule has 9 heteroatoms. The van der Waals surface area contributed by atoms with Crippen LogP contribution in [0.5, 0.6) is 0 Å². The Kier molecular flexibility index (Phi) is 6.16. The molecular weight excluding hydrogens is 406 g/mol. The zero-order valence-electron chi connectivity index (χ0n) is 17.8. The van der Waals surface area contributed by atoms with Gasteiger partial charge < -0.3 is 21.4 Å². The Morgan fingerprint density at radius 2 is 1.97 bits per heavy atom. The predicted octanol–water partition coefficient (Wildman–Crippen LogP) is 1.98. The molecule has 1 amide bonds. The number of anilines is 2. The zero-order valence-corrected chi connectivity index (χ0v) is 17.8. The van der Waals surface area contributed by atoms with Crippen LogP contribution in [-0.2, 0) is 24.3 Å². The molecule has 4 aromatic rings. The molecule has 0 fully saturated rings. The summed E-state index contributed by atoms with van der Waals surface area (Å²) in [5.74, 6) is 0.323. The van der Waals surface area contributed by atoms with Gasteiger partial charge in [-0.1, -0.05) is 36.4 Å². The summed E-state index contributed by atoms with van der Waals surface area (Å²) >= 11 is 0. The van der Waals surface area contributed by atoms with E-state index in [4.69, 9.17) is 5.73 Å². The fraction of sp³-hybridized carbons (Fsp3) is 0.217. The van der Waals surface area contributed by atoms with Gasteiger partial charge in [-0.3, -0.25) is 14.2 Å². The summed E-state index contributed by atoms with van der Waals surface area (Å²) < 4.78 is 1.42. The first-order valence-electron chi connectivity index (χ1n) is 10.3. The number of nitrogens with one attached hydrogen (secondary N) is 3. The topological polar surface area (TPSA) is 131 Å². The van der Waals surface area contributed by atoms with Gasteiger partial charge in [0.1, 0.15) is 6.54 Å². The van der Waals surface area contributed by atoms with Crippen LogP contribution < -0.4 is 21.9 Å². The maximum atomic E-state index is 12.8. The number of H-pyrrole nitrogens is 1. The van der Waals surface area contributed by atoms with Gasteiger partial charge in [0.15, 0.2) is 11.8 Å². The number of benzene rings is 2. The van der Waals surface area contributed by atoms with Crippen molar-refractivity contribution < 1.29 is 4.79 Å². The van der Waals surface area contributed by atoms with Crippen molar-refractivity contribution in [2.75, 3.05) is 17.6 Å². The number of nitrogens with two attached hydrogens (primary N) is 1. The van der Waals surface area contributed by atoms with Crippen LogP contribution >= 0.6 is 0 Å². The van der Waals surface area contributed by atoms with Gasteiger partial charge in [-0.2, -0.15) is 0 Å².